The number of likely N-dealkylation sites (tertiary alicyclic amines) is 2. The number of thiazole rings is 1. The van der Waals surface area contributed by atoms with Gasteiger partial charge in [-0.3, -0.25) is 52.8 Å². The molecule has 2 fully saturated rings. The molecule has 0 radical (unpaired) electrons. The molecule has 5 rings (SSSR count). The molecule has 0 unspecified atom stereocenters. The first kappa shape index (κ1) is 77.3. The first-order valence-electron chi connectivity index (χ1n) is 33.5. The average molecular weight is 1330 g/mol. The average Bonchev–Trinajstić information content (AvgIpc) is 1.55. The minimum Gasteiger partial charge on any atom is -0.481 e. The van der Waals surface area contributed by atoms with Crippen LogP contribution in [0, 0.1) is 41.4 Å². The lowest BCUT2D eigenvalue weighted by Gasteiger charge is -2.37. The Bertz CT molecular complexity index is 3010. The van der Waals surface area contributed by atoms with Gasteiger partial charge in [0.25, 0.3) is 5.91 Å². The second-order valence-electron chi connectivity index (χ2n) is 26.4. The van der Waals surface area contributed by atoms with Crippen molar-refractivity contribution in [1.82, 2.24) is 35.6 Å². The number of carbonyl (C=O) groups excluding carboxylic acids is 10. The standard InChI is InChI=1S/C70H103N9O14S/c1-11-45(6)54(38-58(81)56-22-15-16-32-77(56)9)68(88)78(10)57(43(2)3)39-61(93-47(8)80)67-75-55(42-94-67)66(87)74-53(36-48-19-13-12-14-20-48)35-46(7)60(83)41-92-40-49-25-27-52(28-26-49)73-65(86)51(21-18-31-72-70(71)91)37-59(82)64(44(4)5)76-62(84)23-17-24-63(85)79-33-29-50(30-34-79)69(89)90/h12-14,19-20,25-28,42-46,50-51,53-54,56-57,61,64H,11,15-18,21-24,29-41H2,1-10H3,(H,73,86)(H,74,87)(H,76,84)(H,89,90)(H3,71,72,91)/t45-,46-,51+,53+,54-,56+,57+,61+,64-/m0/s1. The van der Waals surface area contributed by atoms with Crippen molar-refractivity contribution in [1.29, 1.82) is 0 Å². The SMILES string of the molecule is CC[C@H](C)[C@H](CC(=O)[C@H]1CCCCN1C)C(=O)N(C)[C@H](C[C@@H](OC(C)=O)c1nc(C(=O)N[C@@H](Cc2ccccc2)C[C@H](C)C(=O)COCc2ccc(NC(=O)[C@H](CCCNC(N)=O)CC(=O)[C@@H](NC(=O)CCCC(=O)N3CCC(C(=O)O)CC3)C(C)C)cc2)cs1)C(C)C. The number of hydrogen-bond donors (Lipinski definition) is 6. The Morgan fingerprint density at radius 2 is 1.50 bits per heavy atom. The van der Waals surface area contributed by atoms with E-state index in [2.05, 4.69) is 26.2 Å². The number of urea groups is 1. The maximum absolute atomic E-state index is 14.5. The van der Waals surface area contributed by atoms with Gasteiger partial charge in [0.1, 0.15) is 17.3 Å². The van der Waals surface area contributed by atoms with Gasteiger partial charge in [0.05, 0.1) is 24.6 Å². The molecule has 0 spiro atoms. The molecule has 7 amide bonds. The molecule has 2 aliphatic heterocycles. The maximum Gasteiger partial charge on any atom is 0.312 e. The summed E-state index contributed by atoms with van der Waals surface area (Å²) in [6.45, 7) is 16.2. The number of primary amides is 1. The van der Waals surface area contributed by atoms with Gasteiger partial charge in [-0.05, 0) is 112 Å². The highest BCUT2D eigenvalue weighted by Gasteiger charge is 2.39. The van der Waals surface area contributed by atoms with Gasteiger partial charge >= 0.3 is 18.0 Å². The van der Waals surface area contributed by atoms with E-state index in [1.807, 2.05) is 65.1 Å². The molecule has 7 N–H and O–H groups in total. The second-order valence-corrected chi connectivity index (χ2v) is 27.3. The number of carbonyl (C=O) groups is 11. The predicted octanol–water partition coefficient (Wildman–Crippen LogP) is 8.48. The van der Waals surface area contributed by atoms with Crippen LogP contribution >= 0.6 is 11.3 Å². The zero-order chi connectivity index (χ0) is 69.2. The first-order valence-corrected chi connectivity index (χ1v) is 34.4. The number of nitrogens with zero attached hydrogens (tertiary/aromatic N) is 4. The van der Waals surface area contributed by atoms with Crippen LogP contribution in [0.5, 0.6) is 0 Å². The van der Waals surface area contributed by atoms with Crippen molar-refractivity contribution in [2.75, 3.05) is 52.2 Å². The summed E-state index contributed by atoms with van der Waals surface area (Å²) in [5.74, 6) is -6.38. The van der Waals surface area contributed by atoms with Crippen LogP contribution in [-0.2, 0) is 65.7 Å². The van der Waals surface area contributed by atoms with E-state index >= 15 is 0 Å². The van der Waals surface area contributed by atoms with Crippen LogP contribution in [0.1, 0.15) is 184 Å². The van der Waals surface area contributed by atoms with Crippen molar-refractivity contribution >= 4 is 81.9 Å². The third-order valence-electron chi connectivity index (χ3n) is 18.4. The number of aromatic nitrogens is 1. The summed E-state index contributed by atoms with van der Waals surface area (Å²) in [6.07, 6.45) is 5.07. The molecule has 518 valence electrons. The van der Waals surface area contributed by atoms with Crippen LogP contribution in [0.15, 0.2) is 60.0 Å². The molecule has 0 saturated carbocycles. The van der Waals surface area contributed by atoms with Gasteiger partial charge < -0.3 is 51.4 Å². The van der Waals surface area contributed by atoms with Gasteiger partial charge in [0.15, 0.2) is 23.5 Å². The minimum absolute atomic E-state index is 0.0109. The smallest absolute Gasteiger partial charge is 0.312 e. The number of aliphatic carboxylic acids is 1. The fourth-order valence-corrected chi connectivity index (χ4v) is 13.3. The van der Waals surface area contributed by atoms with Crippen LogP contribution in [0.4, 0.5) is 10.5 Å². The summed E-state index contributed by atoms with van der Waals surface area (Å²) >= 11 is 1.17. The molecule has 9 atom stereocenters. The molecule has 23 nitrogen and oxygen atoms in total. The van der Waals surface area contributed by atoms with E-state index in [4.69, 9.17) is 20.2 Å². The zero-order valence-corrected chi connectivity index (χ0v) is 57.6. The number of nitrogens with two attached hydrogens (primary N) is 1. The Morgan fingerprint density at radius 3 is 2.12 bits per heavy atom. The highest BCUT2D eigenvalue weighted by Crippen LogP contribution is 2.34. The molecule has 2 saturated heterocycles. The quantitative estimate of drug-likeness (QED) is 0.0230. The van der Waals surface area contributed by atoms with Crippen molar-refractivity contribution < 1.29 is 67.3 Å². The van der Waals surface area contributed by atoms with E-state index in [-0.39, 0.29) is 130 Å². The lowest BCUT2D eigenvalue weighted by molar-refractivity contribution is -0.150. The summed E-state index contributed by atoms with van der Waals surface area (Å²) in [6, 6.07) is 13.6. The summed E-state index contributed by atoms with van der Waals surface area (Å²) < 4.78 is 11.8. The van der Waals surface area contributed by atoms with Crippen molar-refractivity contribution in [3.05, 3.63) is 81.8 Å². The molecular formula is C70H103N9O14S. The number of carboxylic acid groups (broad SMARTS) is 1. The first-order chi connectivity index (χ1) is 44.6. The fraction of sp³-hybridized carbons (Fsp3) is 0.629. The Kier molecular flexibility index (Phi) is 31.9. The van der Waals surface area contributed by atoms with Crippen molar-refractivity contribution in [2.24, 2.45) is 47.2 Å². The van der Waals surface area contributed by atoms with Crippen LogP contribution < -0.4 is 27.0 Å². The van der Waals surface area contributed by atoms with E-state index in [1.54, 1.807) is 67.3 Å². The van der Waals surface area contributed by atoms with Crippen molar-refractivity contribution in [3.8, 4) is 0 Å². The highest BCUT2D eigenvalue weighted by atomic mass is 32.1. The van der Waals surface area contributed by atoms with Crippen molar-refractivity contribution in [2.45, 2.75) is 195 Å². The molecule has 24 heteroatoms. The molecule has 3 heterocycles. The maximum atomic E-state index is 14.5. The predicted molar refractivity (Wildman–Crippen MR) is 358 cm³/mol. The molecule has 0 bridgehead atoms. The number of ether oxygens (including phenoxy) is 2. The molecular weight excluding hydrogens is 1220 g/mol. The highest BCUT2D eigenvalue weighted by molar-refractivity contribution is 7.09. The van der Waals surface area contributed by atoms with Gasteiger partial charge in [-0.1, -0.05) is 104 Å². The summed E-state index contributed by atoms with van der Waals surface area (Å²) in [5.41, 5.74) is 7.44. The van der Waals surface area contributed by atoms with E-state index in [9.17, 15) is 57.8 Å². The largest absolute Gasteiger partial charge is 0.481 e. The number of ketones is 3. The number of esters is 1. The fourth-order valence-electron chi connectivity index (χ4n) is 12.4. The Hall–Kier alpha value is -7.44. The number of hydrogen-bond acceptors (Lipinski definition) is 16. The van der Waals surface area contributed by atoms with E-state index in [0.717, 1.165) is 37.8 Å². The van der Waals surface area contributed by atoms with Gasteiger partial charge in [-0.2, -0.15) is 0 Å². The number of rotatable bonds is 39. The van der Waals surface area contributed by atoms with Gasteiger partial charge in [0.2, 0.25) is 23.6 Å². The van der Waals surface area contributed by atoms with E-state index in [1.165, 1.54) is 18.3 Å². The molecule has 2 aliphatic rings. The Labute approximate surface area is 558 Å². The topological polar surface area (TPSA) is 323 Å². The third-order valence-corrected chi connectivity index (χ3v) is 19.3. The Balaban J connectivity index is 1.16. The van der Waals surface area contributed by atoms with Crippen LogP contribution in [0.25, 0.3) is 0 Å². The van der Waals surface area contributed by atoms with Crippen LogP contribution in [0.2, 0.25) is 0 Å². The van der Waals surface area contributed by atoms with E-state index in [0.29, 0.717) is 55.0 Å². The Morgan fingerprint density at radius 1 is 0.809 bits per heavy atom. The van der Waals surface area contributed by atoms with Crippen molar-refractivity contribution in [3.63, 3.8) is 0 Å². The molecule has 2 aromatic carbocycles. The second kappa shape index (κ2) is 38.8. The van der Waals surface area contributed by atoms with Gasteiger partial charge in [-0.25, -0.2) is 9.78 Å². The number of carboxylic acids is 1. The van der Waals surface area contributed by atoms with Gasteiger partial charge in [-0.15, -0.1) is 11.3 Å². The van der Waals surface area contributed by atoms with Crippen LogP contribution in [0.3, 0.4) is 0 Å². The number of amides is 7. The number of nitrogens with one attached hydrogen (secondary N) is 4. The number of benzene rings is 2. The number of likely N-dealkylation sites (N-methyl/N-ethyl adjacent to an activating group) is 1. The van der Waals surface area contributed by atoms with Crippen LogP contribution in [-0.4, -0.2) is 161 Å². The summed E-state index contributed by atoms with van der Waals surface area (Å²) in [5, 5.41) is 22.6. The number of Topliss-reactive ketones (excluding diaryl/α,β-unsaturated/α-hetero) is 3. The molecule has 1 aromatic heterocycles. The lowest BCUT2D eigenvalue weighted by atomic mass is 9.83. The van der Waals surface area contributed by atoms with Gasteiger partial charge in [0, 0.05) is 107 Å². The summed E-state index contributed by atoms with van der Waals surface area (Å²) in [7, 11) is 3.72. The van der Waals surface area contributed by atoms with E-state index < -0.39 is 83.6 Å². The molecule has 3 aromatic rings. The zero-order valence-electron chi connectivity index (χ0n) is 56.8. The molecule has 0 aliphatic carbocycles. The number of anilines is 1. The molecule has 94 heavy (non-hydrogen) atoms. The number of piperidine rings is 2. The normalized spacial score (nSPS) is 17.1. The lowest BCUT2D eigenvalue weighted by Crippen LogP contribution is -2.48. The third kappa shape index (κ3) is 25.0. The minimum atomic E-state index is -0.917. The summed E-state index contributed by atoms with van der Waals surface area (Å²) in [4.78, 5) is 155. The monoisotopic (exact) mass is 1330 g/mol.